The zero-order chi connectivity index (χ0) is 18.6. The third kappa shape index (κ3) is 4.05. The Balaban J connectivity index is 2.73. The van der Waals surface area contributed by atoms with Gasteiger partial charge in [0, 0.05) is 24.0 Å². The van der Waals surface area contributed by atoms with Crippen LogP contribution in [0.3, 0.4) is 0 Å². The highest BCUT2D eigenvalue weighted by Crippen LogP contribution is 2.43. The van der Waals surface area contributed by atoms with Gasteiger partial charge in [0.15, 0.2) is 0 Å². The van der Waals surface area contributed by atoms with Crippen LogP contribution in [0.5, 0.6) is 5.75 Å². The molecular formula is C21H24ClFO2. The molecule has 1 unspecified atom stereocenters. The molecule has 2 nitrogen and oxygen atoms in total. The maximum absolute atomic E-state index is 14.6. The summed E-state index contributed by atoms with van der Waals surface area (Å²) in [5, 5.41) is 0. The van der Waals surface area contributed by atoms with E-state index in [4.69, 9.17) is 21.1 Å². The summed E-state index contributed by atoms with van der Waals surface area (Å²) in [5.74, 6) is 0.659. The fraction of sp³-hybridized carbons (Fsp3) is 0.333. The normalized spacial score (nSPS) is 12.7. The van der Waals surface area contributed by atoms with E-state index in [0.29, 0.717) is 17.2 Å². The smallest absolute Gasteiger partial charge is 0.131 e. The number of methoxy groups -OCH3 is 2. The van der Waals surface area contributed by atoms with Crippen LogP contribution >= 0.6 is 11.6 Å². The van der Waals surface area contributed by atoms with Crippen LogP contribution in [-0.2, 0) is 10.6 Å². The molecule has 2 aromatic rings. The van der Waals surface area contributed by atoms with Crippen LogP contribution in [-0.4, -0.2) is 14.2 Å². The second kappa shape index (κ2) is 8.03. The van der Waals surface area contributed by atoms with Gasteiger partial charge in [-0.15, -0.1) is 18.2 Å². The van der Waals surface area contributed by atoms with Crippen LogP contribution in [0.1, 0.15) is 31.1 Å². The minimum absolute atomic E-state index is 0.297. The molecule has 0 heterocycles. The molecule has 134 valence electrons. The maximum atomic E-state index is 14.6. The van der Waals surface area contributed by atoms with Gasteiger partial charge in [-0.3, -0.25) is 0 Å². The number of alkyl halides is 1. The Kier molecular flexibility index (Phi) is 6.26. The van der Waals surface area contributed by atoms with Crippen molar-refractivity contribution in [3.8, 4) is 16.9 Å². The van der Waals surface area contributed by atoms with E-state index in [0.717, 1.165) is 16.7 Å². The van der Waals surface area contributed by atoms with Gasteiger partial charge in [-0.2, -0.15) is 0 Å². The number of halogens is 2. The van der Waals surface area contributed by atoms with E-state index < -0.39 is 0 Å². The monoisotopic (exact) mass is 362 g/mol. The van der Waals surface area contributed by atoms with Gasteiger partial charge in [-0.05, 0) is 34.9 Å². The summed E-state index contributed by atoms with van der Waals surface area (Å²) in [4.78, 5) is 0. The Bertz CT molecular complexity index is 756. The molecule has 0 bridgehead atoms. The van der Waals surface area contributed by atoms with E-state index in [2.05, 4.69) is 6.58 Å². The Morgan fingerprint density at radius 2 is 1.88 bits per heavy atom. The second-order valence-corrected chi connectivity index (χ2v) is 6.81. The molecule has 2 aromatic carbocycles. The van der Waals surface area contributed by atoms with Gasteiger partial charge in [-0.1, -0.05) is 38.1 Å². The van der Waals surface area contributed by atoms with Gasteiger partial charge < -0.3 is 9.47 Å². The zero-order valence-corrected chi connectivity index (χ0v) is 15.9. The van der Waals surface area contributed by atoms with Crippen molar-refractivity contribution in [2.45, 2.75) is 25.8 Å². The number of hydrogen-bond acceptors (Lipinski definition) is 2. The lowest BCUT2D eigenvalue weighted by Crippen LogP contribution is -2.22. The van der Waals surface area contributed by atoms with E-state index in [1.165, 1.54) is 6.07 Å². The summed E-state index contributed by atoms with van der Waals surface area (Å²) in [6.45, 7) is 7.99. The summed E-state index contributed by atoms with van der Waals surface area (Å²) in [7, 11) is 3.21. The molecule has 0 amide bonds. The van der Waals surface area contributed by atoms with Crippen molar-refractivity contribution in [1.29, 1.82) is 0 Å². The molecule has 0 fully saturated rings. The van der Waals surface area contributed by atoms with Gasteiger partial charge in [0.05, 0.1) is 13.2 Å². The topological polar surface area (TPSA) is 18.5 Å². The largest absolute Gasteiger partial charge is 0.497 e. The first-order valence-corrected chi connectivity index (χ1v) is 8.60. The SMILES string of the molecule is C=CC(C)(C)C(OC)c1cc(CCl)ccc1-c1cc(OC)ccc1F. The summed E-state index contributed by atoms with van der Waals surface area (Å²) in [6.07, 6.45) is 1.55. The molecule has 4 heteroatoms. The van der Waals surface area contributed by atoms with Crippen molar-refractivity contribution < 1.29 is 13.9 Å². The molecule has 0 N–H and O–H groups in total. The molecule has 0 aliphatic heterocycles. The van der Waals surface area contributed by atoms with Crippen molar-refractivity contribution >= 4 is 11.6 Å². The van der Waals surface area contributed by atoms with Gasteiger partial charge in [0.25, 0.3) is 0 Å². The lowest BCUT2D eigenvalue weighted by Gasteiger charge is -2.32. The van der Waals surface area contributed by atoms with Crippen molar-refractivity contribution in [3.63, 3.8) is 0 Å². The lowest BCUT2D eigenvalue weighted by molar-refractivity contribution is 0.0307. The molecule has 0 saturated carbocycles. The number of ether oxygens (including phenoxy) is 2. The number of hydrogen-bond donors (Lipinski definition) is 0. The van der Waals surface area contributed by atoms with E-state index in [-0.39, 0.29) is 17.3 Å². The molecule has 0 aliphatic rings. The highest BCUT2D eigenvalue weighted by molar-refractivity contribution is 6.17. The predicted molar refractivity (Wildman–Crippen MR) is 102 cm³/mol. The Labute approximate surface area is 154 Å². The zero-order valence-electron chi connectivity index (χ0n) is 15.1. The van der Waals surface area contributed by atoms with Crippen molar-refractivity contribution in [3.05, 3.63) is 66.0 Å². The molecule has 2 rings (SSSR count). The van der Waals surface area contributed by atoms with E-state index >= 15 is 0 Å². The van der Waals surface area contributed by atoms with E-state index in [9.17, 15) is 4.39 Å². The molecule has 0 radical (unpaired) electrons. The quantitative estimate of drug-likeness (QED) is 0.435. The van der Waals surface area contributed by atoms with Crippen molar-refractivity contribution in [2.24, 2.45) is 5.41 Å². The standard InChI is InChI=1S/C21H24ClFO2/c1-6-21(2,3)20(25-5)18-11-14(13-22)7-9-16(18)17-12-15(24-4)8-10-19(17)23/h6-12,20H,1,13H2,2-5H3. The summed E-state index contributed by atoms with van der Waals surface area (Å²) >= 11 is 6.02. The second-order valence-electron chi connectivity index (χ2n) is 6.54. The Hall–Kier alpha value is -1.84. The van der Waals surface area contributed by atoms with Gasteiger partial charge >= 0.3 is 0 Å². The minimum Gasteiger partial charge on any atom is -0.497 e. The highest BCUT2D eigenvalue weighted by atomic mass is 35.5. The van der Waals surface area contributed by atoms with Crippen LogP contribution < -0.4 is 4.74 Å². The van der Waals surface area contributed by atoms with E-state index in [1.807, 2.05) is 38.1 Å². The van der Waals surface area contributed by atoms with Crippen LogP contribution in [0.4, 0.5) is 4.39 Å². The summed E-state index contributed by atoms with van der Waals surface area (Å²) < 4.78 is 25.6. The van der Waals surface area contributed by atoms with Crippen molar-refractivity contribution in [2.75, 3.05) is 14.2 Å². The molecule has 0 aliphatic carbocycles. The van der Waals surface area contributed by atoms with Gasteiger partial charge in [0.2, 0.25) is 0 Å². The Morgan fingerprint density at radius 3 is 2.44 bits per heavy atom. The molecule has 0 spiro atoms. The third-order valence-electron chi connectivity index (χ3n) is 4.45. The van der Waals surface area contributed by atoms with Crippen LogP contribution in [0, 0.1) is 11.2 Å². The van der Waals surface area contributed by atoms with E-state index in [1.54, 1.807) is 26.4 Å². The highest BCUT2D eigenvalue weighted by Gasteiger charge is 2.31. The Morgan fingerprint density at radius 1 is 1.16 bits per heavy atom. The molecule has 0 saturated heterocycles. The van der Waals surface area contributed by atoms with Crippen LogP contribution in [0.15, 0.2) is 49.1 Å². The summed E-state index contributed by atoms with van der Waals surface area (Å²) in [6, 6.07) is 10.5. The summed E-state index contributed by atoms with van der Waals surface area (Å²) in [5.41, 5.74) is 2.71. The average molecular weight is 363 g/mol. The minimum atomic E-state index is -0.343. The lowest BCUT2D eigenvalue weighted by atomic mass is 9.79. The third-order valence-corrected chi connectivity index (χ3v) is 4.76. The van der Waals surface area contributed by atoms with Crippen molar-refractivity contribution in [1.82, 2.24) is 0 Å². The first-order chi connectivity index (χ1) is 11.9. The fourth-order valence-corrected chi connectivity index (χ4v) is 3.10. The number of benzene rings is 2. The molecule has 0 aromatic heterocycles. The molecule has 1 atom stereocenters. The molecular weight excluding hydrogens is 339 g/mol. The first-order valence-electron chi connectivity index (χ1n) is 8.07. The van der Waals surface area contributed by atoms with Gasteiger partial charge in [-0.25, -0.2) is 4.39 Å². The fourth-order valence-electron chi connectivity index (χ4n) is 2.93. The maximum Gasteiger partial charge on any atom is 0.131 e. The van der Waals surface area contributed by atoms with Gasteiger partial charge in [0.1, 0.15) is 11.6 Å². The van der Waals surface area contributed by atoms with Crippen LogP contribution in [0.25, 0.3) is 11.1 Å². The predicted octanol–water partition coefficient (Wildman–Crippen LogP) is 6.14. The average Bonchev–Trinajstić information content (AvgIpc) is 2.62. The first kappa shape index (κ1) is 19.5. The van der Waals surface area contributed by atoms with Crippen LogP contribution in [0.2, 0.25) is 0 Å². The number of rotatable bonds is 7. The molecule has 25 heavy (non-hydrogen) atoms.